The lowest BCUT2D eigenvalue weighted by molar-refractivity contribution is 0.198. The molecule has 0 radical (unpaired) electrons. The molecule has 4 rings (SSSR count). The Labute approximate surface area is 115 Å². The van der Waals surface area contributed by atoms with Gasteiger partial charge < -0.3 is 9.88 Å². The van der Waals surface area contributed by atoms with Crippen LogP contribution in [0.3, 0.4) is 0 Å². The van der Waals surface area contributed by atoms with Gasteiger partial charge in [0.2, 0.25) is 0 Å². The minimum Gasteiger partial charge on any atom is -0.319 e. The largest absolute Gasteiger partial charge is 0.319 e. The molecule has 1 heterocycles. The first-order valence-corrected chi connectivity index (χ1v) is 7.84. The van der Waals surface area contributed by atoms with Crippen molar-refractivity contribution in [1.29, 1.82) is 0 Å². The third-order valence-electron chi connectivity index (χ3n) is 6.03. The van der Waals surface area contributed by atoms with Gasteiger partial charge in [-0.15, -0.1) is 10.2 Å². The SMILES string of the molecule is CC(NC1CC2CC1C1CCCC21)c1nncn1C. The molecule has 3 fully saturated rings. The molecule has 4 heteroatoms. The molecular weight excluding hydrogens is 236 g/mol. The summed E-state index contributed by atoms with van der Waals surface area (Å²) >= 11 is 0. The van der Waals surface area contributed by atoms with Crippen LogP contribution in [-0.2, 0) is 7.05 Å². The van der Waals surface area contributed by atoms with E-state index in [0.29, 0.717) is 6.04 Å². The molecule has 2 bridgehead atoms. The van der Waals surface area contributed by atoms with Crippen LogP contribution in [0.1, 0.15) is 50.9 Å². The molecular formula is C15H24N4. The Balaban J connectivity index is 1.46. The van der Waals surface area contributed by atoms with E-state index in [1.54, 1.807) is 6.33 Å². The van der Waals surface area contributed by atoms with Gasteiger partial charge in [0.15, 0.2) is 0 Å². The molecule has 0 spiro atoms. The monoisotopic (exact) mass is 260 g/mol. The molecule has 6 unspecified atom stereocenters. The minimum atomic E-state index is 0.316. The zero-order valence-electron chi connectivity index (χ0n) is 11.9. The van der Waals surface area contributed by atoms with Crippen molar-refractivity contribution in [2.45, 2.75) is 51.1 Å². The summed E-state index contributed by atoms with van der Waals surface area (Å²) < 4.78 is 2.03. The lowest BCUT2D eigenvalue weighted by Crippen LogP contribution is -2.41. The van der Waals surface area contributed by atoms with Crippen molar-refractivity contribution in [2.75, 3.05) is 0 Å². The first kappa shape index (κ1) is 11.9. The molecule has 3 saturated carbocycles. The quantitative estimate of drug-likeness (QED) is 0.906. The standard InChI is InChI=1S/C15H24N4/c1-9(15-18-16-8-19(15)2)17-14-7-10-6-13(14)12-5-3-4-11(10)12/h8-14,17H,3-7H2,1-2H3. The Bertz CT molecular complexity index is 468. The van der Waals surface area contributed by atoms with E-state index in [1.165, 1.54) is 32.1 Å². The van der Waals surface area contributed by atoms with Crippen LogP contribution < -0.4 is 5.32 Å². The van der Waals surface area contributed by atoms with Gasteiger partial charge in [-0.1, -0.05) is 6.42 Å². The van der Waals surface area contributed by atoms with Crippen molar-refractivity contribution in [3.05, 3.63) is 12.2 Å². The average Bonchev–Trinajstić information content (AvgIpc) is 3.07. The fourth-order valence-corrected chi connectivity index (χ4v) is 5.34. The maximum Gasteiger partial charge on any atom is 0.149 e. The molecule has 0 aliphatic heterocycles. The number of aryl methyl sites for hydroxylation is 1. The Morgan fingerprint density at radius 2 is 2.11 bits per heavy atom. The molecule has 19 heavy (non-hydrogen) atoms. The van der Waals surface area contributed by atoms with E-state index >= 15 is 0 Å². The minimum absolute atomic E-state index is 0.316. The molecule has 1 aromatic rings. The number of nitrogens with zero attached hydrogens (tertiary/aromatic N) is 3. The second-order valence-corrected chi connectivity index (χ2v) is 6.95. The van der Waals surface area contributed by atoms with Gasteiger partial charge in [0, 0.05) is 13.1 Å². The highest BCUT2D eigenvalue weighted by Gasteiger charge is 2.53. The fraction of sp³-hybridized carbons (Fsp3) is 0.867. The molecule has 4 nitrogen and oxygen atoms in total. The number of hydrogen-bond donors (Lipinski definition) is 1. The van der Waals surface area contributed by atoms with Gasteiger partial charge in [0.1, 0.15) is 12.2 Å². The molecule has 0 aromatic carbocycles. The van der Waals surface area contributed by atoms with E-state index < -0.39 is 0 Å². The first-order chi connectivity index (χ1) is 9.24. The lowest BCUT2D eigenvalue weighted by Gasteiger charge is -2.33. The van der Waals surface area contributed by atoms with Crippen molar-refractivity contribution < 1.29 is 0 Å². The summed E-state index contributed by atoms with van der Waals surface area (Å²) in [6.45, 7) is 2.22. The zero-order chi connectivity index (χ0) is 13.0. The molecule has 1 aromatic heterocycles. The van der Waals surface area contributed by atoms with Crippen molar-refractivity contribution >= 4 is 0 Å². The number of fused-ring (bicyclic) bond motifs is 5. The van der Waals surface area contributed by atoms with Crippen molar-refractivity contribution in [2.24, 2.45) is 30.7 Å². The summed E-state index contributed by atoms with van der Waals surface area (Å²) in [6, 6.07) is 1.03. The third-order valence-corrected chi connectivity index (χ3v) is 6.03. The smallest absolute Gasteiger partial charge is 0.149 e. The van der Waals surface area contributed by atoms with Gasteiger partial charge >= 0.3 is 0 Å². The third kappa shape index (κ3) is 1.76. The second-order valence-electron chi connectivity index (χ2n) is 6.95. The Kier molecular flexibility index (Phi) is 2.69. The summed E-state index contributed by atoms with van der Waals surface area (Å²) in [7, 11) is 2.03. The summed E-state index contributed by atoms with van der Waals surface area (Å²) in [5.41, 5.74) is 0. The maximum atomic E-state index is 4.24. The van der Waals surface area contributed by atoms with Crippen LogP contribution in [-0.4, -0.2) is 20.8 Å². The van der Waals surface area contributed by atoms with Gasteiger partial charge in [-0.3, -0.25) is 0 Å². The topological polar surface area (TPSA) is 42.7 Å². The number of hydrogen-bond acceptors (Lipinski definition) is 3. The van der Waals surface area contributed by atoms with Gasteiger partial charge in [0.05, 0.1) is 6.04 Å². The van der Waals surface area contributed by atoms with Gasteiger partial charge in [-0.05, 0) is 56.3 Å². The van der Waals surface area contributed by atoms with Crippen LogP contribution in [0.15, 0.2) is 6.33 Å². The Hall–Kier alpha value is -0.900. The van der Waals surface area contributed by atoms with Crippen LogP contribution in [0.25, 0.3) is 0 Å². The molecule has 0 saturated heterocycles. The zero-order valence-corrected chi connectivity index (χ0v) is 11.9. The van der Waals surface area contributed by atoms with Crippen LogP contribution >= 0.6 is 0 Å². The van der Waals surface area contributed by atoms with E-state index in [2.05, 4.69) is 22.4 Å². The highest BCUT2D eigenvalue weighted by atomic mass is 15.3. The Morgan fingerprint density at radius 1 is 1.26 bits per heavy atom. The van der Waals surface area contributed by atoms with Gasteiger partial charge in [-0.25, -0.2) is 0 Å². The lowest BCUT2D eigenvalue weighted by atomic mass is 9.79. The molecule has 0 amide bonds. The van der Waals surface area contributed by atoms with E-state index in [0.717, 1.165) is 35.5 Å². The van der Waals surface area contributed by atoms with Crippen LogP contribution in [0.2, 0.25) is 0 Å². The predicted octanol–water partition coefficient (Wildman–Crippen LogP) is 2.29. The van der Waals surface area contributed by atoms with E-state index in [4.69, 9.17) is 0 Å². The highest BCUT2D eigenvalue weighted by molar-refractivity contribution is 5.07. The highest BCUT2D eigenvalue weighted by Crippen LogP contribution is 2.58. The van der Waals surface area contributed by atoms with E-state index in [-0.39, 0.29) is 0 Å². The van der Waals surface area contributed by atoms with Crippen molar-refractivity contribution in [3.8, 4) is 0 Å². The van der Waals surface area contributed by atoms with Crippen molar-refractivity contribution in [1.82, 2.24) is 20.1 Å². The maximum absolute atomic E-state index is 4.24. The van der Waals surface area contributed by atoms with E-state index in [1.807, 2.05) is 11.6 Å². The molecule has 3 aliphatic carbocycles. The fourth-order valence-electron chi connectivity index (χ4n) is 5.34. The molecule has 3 aliphatic rings. The molecule has 104 valence electrons. The molecule has 6 atom stereocenters. The van der Waals surface area contributed by atoms with Gasteiger partial charge in [0.25, 0.3) is 0 Å². The second kappa shape index (κ2) is 4.30. The van der Waals surface area contributed by atoms with Crippen LogP contribution in [0, 0.1) is 23.7 Å². The summed E-state index contributed by atoms with van der Waals surface area (Å²) in [5, 5.41) is 12.1. The summed E-state index contributed by atoms with van der Waals surface area (Å²) in [6.07, 6.45) is 9.15. The number of nitrogens with one attached hydrogen (secondary N) is 1. The van der Waals surface area contributed by atoms with E-state index in [9.17, 15) is 0 Å². The van der Waals surface area contributed by atoms with Gasteiger partial charge in [-0.2, -0.15) is 0 Å². The number of rotatable bonds is 3. The van der Waals surface area contributed by atoms with Crippen molar-refractivity contribution in [3.63, 3.8) is 0 Å². The summed E-state index contributed by atoms with van der Waals surface area (Å²) in [5.74, 6) is 5.12. The van der Waals surface area contributed by atoms with Crippen LogP contribution in [0.4, 0.5) is 0 Å². The van der Waals surface area contributed by atoms with Crippen LogP contribution in [0.5, 0.6) is 0 Å². The summed E-state index contributed by atoms with van der Waals surface area (Å²) in [4.78, 5) is 0. The molecule has 1 N–H and O–H groups in total. The normalized spacial score (nSPS) is 41.7. The number of aromatic nitrogens is 3. The average molecular weight is 260 g/mol. The predicted molar refractivity (Wildman–Crippen MR) is 73.4 cm³/mol. The Morgan fingerprint density at radius 3 is 2.89 bits per heavy atom. The first-order valence-electron chi connectivity index (χ1n) is 7.84.